The van der Waals surface area contributed by atoms with Crippen molar-refractivity contribution in [1.29, 1.82) is 0 Å². The summed E-state index contributed by atoms with van der Waals surface area (Å²) >= 11 is 0. The molecule has 1 aliphatic rings. The van der Waals surface area contributed by atoms with Gasteiger partial charge in [-0.1, -0.05) is 42.5 Å². The zero-order valence-corrected chi connectivity index (χ0v) is 13.9. The van der Waals surface area contributed by atoms with Crippen molar-refractivity contribution < 1.29 is 9.53 Å². The van der Waals surface area contributed by atoms with Gasteiger partial charge >= 0.3 is 0 Å². The first-order chi connectivity index (χ1) is 12.2. The monoisotopic (exact) mass is 332 g/mol. The van der Waals surface area contributed by atoms with E-state index in [2.05, 4.69) is 4.98 Å². The van der Waals surface area contributed by atoms with Gasteiger partial charge in [0.1, 0.15) is 0 Å². The standard InChI is InChI=1S/C21H20N2O2/c22-21(9-12-25-13-10-21)17-6-4-15(5-7-17)20(24)19-3-1-2-16-14-23-11-8-18(16)19/h1-8,11,14H,9-10,12-13,22H2. The summed E-state index contributed by atoms with van der Waals surface area (Å²) in [6.45, 7) is 1.36. The van der Waals surface area contributed by atoms with Crippen LogP contribution in [0.1, 0.15) is 34.3 Å². The van der Waals surface area contributed by atoms with Gasteiger partial charge in [0.05, 0.1) is 0 Å². The molecule has 1 aromatic heterocycles. The molecule has 4 heteroatoms. The van der Waals surface area contributed by atoms with Crippen molar-refractivity contribution in [3.05, 3.63) is 77.6 Å². The highest BCUT2D eigenvalue weighted by molar-refractivity contribution is 6.16. The Morgan fingerprint density at radius 2 is 1.80 bits per heavy atom. The number of carbonyl (C=O) groups is 1. The molecule has 4 rings (SSSR count). The average Bonchev–Trinajstić information content (AvgIpc) is 2.68. The number of hydrogen-bond acceptors (Lipinski definition) is 4. The molecule has 0 spiro atoms. The number of ketones is 1. The van der Waals surface area contributed by atoms with Crippen molar-refractivity contribution in [2.75, 3.05) is 13.2 Å². The Balaban J connectivity index is 1.66. The molecular formula is C21H20N2O2. The van der Waals surface area contributed by atoms with Gasteiger partial charge in [-0.3, -0.25) is 9.78 Å². The molecule has 2 N–H and O–H groups in total. The molecular weight excluding hydrogens is 312 g/mol. The van der Waals surface area contributed by atoms with E-state index >= 15 is 0 Å². The van der Waals surface area contributed by atoms with Crippen LogP contribution >= 0.6 is 0 Å². The van der Waals surface area contributed by atoms with Crippen LogP contribution in [-0.4, -0.2) is 24.0 Å². The number of nitrogens with two attached hydrogens (primary N) is 1. The molecule has 0 saturated carbocycles. The summed E-state index contributed by atoms with van der Waals surface area (Å²) in [5.41, 5.74) is 8.59. The van der Waals surface area contributed by atoms with Crippen LogP contribution < -0.4 is 5.73 Å². The zero-order chi connectivity index (χ0) is 17.3. The van der Waals surface area contributed by atoms with E-state index in [-0.39, 0.29) is 11.3 Å². The van der Waals surface area contributed by atoms with Gasteiger partial charge < -0.3 is 10.5 Å². The van der Waals surface area contributed by atoms with Gasteiger partial charge in [0.25, 0.3) is 0 Å². The number of ether oxygens (including phenoxy) is 1. The van der Waals surface area contributed by atoms with Crippen LogP contribution in [0.4, 0.5) is 0 Å². The Bertz CT molecular complexity index is 907. The van der Waals surface area contributed by atoms with Crippen molar-refractivity contribution in [2.45, 2.75) is 18.4 Å². The summed E-state index contributed by atoms with van der Waals surface area (Å²) in [6, 6.07) is 15.3. The van der Waals surface area contributed by atoms with Crippen LogP contribution in [0.3, 0.4) is 0 Å². The van der Waals surface area contributed by atoms with Gasteiger partial charge in [0, 0.05) is 47.7 Å². The molecule has 2 aromatic carbocycles. The van der Waals surface area contributed by atoms with Gasteiger partial charge in [-0.15, -0.1) is 0 Å². The highest BCUT2D eigenvalue weighted by Crippen LogP contribution is 2.30. The largest absolute Gasteiger partial charge is 0.381 e. The molecule has 0 radical (unpaired) electrons. The second-order valence-corrected chi connectivity index (χ2v) is 6.58. The summed E-state index contributed by atoms with van der Waals surface area (Å²) < 4.78 is 5.41. The molecule has 1 saturated heterocycles. The molecule has 25 heavy (non-hydrogen) atoms. The van der Waals surface area contributed by atoms with Crippen LogP contribution in [0.15, 0.2) is 60.9 Å². The summed E-state index contributed by atoms with van der Waals surface area (Å²) in [5.74, 6) is 0.0152. The maximum atomic E-state index is 13.0. The maximum Gasteiger partial charge on any atom is 0.193 e. The average molecular weight is 332 g/mol. The minimum atomic E-state index is -0.356. The lowest BCUT2D eigenvalue weighted by molar-refractivity contribution is 0.0522. The van der Waals surface area contributed by atoms with E-state index < -0.39 is 0 Å². The van der Waals surface area contributed by atoms with Gasteiger partial charge in [0.2, 0.25) is 0 Å². The third-order valence-electron chi connectivity index (χ3n) is 5.03. The van der Waals surface area contributed by atoms with Crippen molar-refractivity contribution >= 4 is 16.6 Å². The Hall–Kier alpha value is -2.56. The van der Waals surface area contributed by atoms with Crippen LogP contribution in [0.25, 0.3) is 10.8 Å². The zero-order valence-electron chi connectivity index (χ0n) is 13.9. The number of pyridine rings is 1. The first kappa shape index (κ1) is 15.9. The SMILES string of the molecule is NC1(c2ccc(C(=O)c3cccc4cnccc34)cc2)CCOCC1. The quantitative estimate of drug-likeness (QED) is 0.746. The fraction of sp³-hybridized carbons (Fsp3) is 0.238. The minimum Gasteiger partial charge on any atom is -0.381 e. The summed E-state index contributed by atoms with van der Waals surface area (Å²) in [7, 11) is 0. The highest BCUT2D eigenvalue weighted by atomic mass is 16.5. The summed E-state index contributed by atoms with van der Waals surface area (Å²) in [4.78, 5) is 17.1. The third kappa shape index (κ3) is 2.95. The molecule has 0 unspecified atom stereocenters. The van der Waals surface area contributed by atoms with Crippen molar-refractivity contribution in [2.24, 2.45) is 5.73 Å². The topological polar surface area (TPSA) is 65.2 Å². The first-order valence-corrected chi connectivity index (χ1v) is 8.52. The van der Waals surface area contributed by atoms with Gasteiger partial charge in [-0.25, -0.2) is 0 Å². The Kier molecular flexibility index (Phi) is 4.07. The molecule has 4 nitrogen and oxygen atoms in total. The predicted molar refractivity (Wildman–Crippen MR) is 97.5 cm³/mol. The maximum absolute atomic E-state index is 13.0. The van der Waals surface area contributed by atoms with Crippen molar-refractivity contribution in [3.8, 4) is 0 Å². The van der Waals surface area contributed by atoms with E-state index in [1.807, 2.05) is 48.5 Å². The molecule has 0 atom stereocenters. The molecule has 2 heterocycles. The lowest BCUT2D eigenvalue weighted by atomic mass is 9.83. The van der Waals surface area contributed by atoms with Crippen molar-refractivity contribution in [3.63, 3.8) is 0 Å². The third-order valence-corrected chi connectivity index (χ3v) is 5.03. The molecule has 0 amide bonds. The minimum absolute atomic E-state index is 0.0152. The molecule has 0 aliphatic carbocycles. The summed E-state index contributed by atoms with van der Waals surface area (Å²) in [6.07, 6.45) is 5.09. The number of hydrogen-bond donors (Lipinski definition) is 1. The number of benzene rings is 2. The first-order valence-electron chi connectivity index (χ1n) is 8.52. The van der Waals surface area contributed by atoms with Gasteiger partial charge in [-0.05, 0) is 29.9 Å². The van der Waals surface area contributed by atoms with E-state index in [1.54, 1.807) is 12.4 Å². The van der Waals surface area contributed by atoms with Crippen LogP contribution in [0, 0.1) is 0 Å². The lowest BCUT2D eigenvalue weighted by Crippen LogP contribution is -2.42. The highest BCUT2D eigenvalue weighted by Gasteiger charge is 2.30. The van der Waals surface area contributed by atoms with E-state index in [4.69, 9.17) is 10.5 Å². The van der Waals surface area contributed by atoms with Gasteiger partial charge in [-0.2, -0.15) is 0 Å². The molecule has 1 aliphatic heterocycles. The van der Waals surface area contributed by atoms with E-state index in [1.165, 1.54) is 0 Å². The predicted octanol–water partition coefficient (Wildman–Crippen LogP) is 3.43. The van der Waals surface area contributed by atoms with Crippen LogP contribution in [0.5, 0.6) is 0 Å². The van der Waals surface area contributed by atoms with E-state index in [0.717, 1.165) is 29.2 Å². The van der Waals surface area contributed by atoms with E-state index in [0.29, 0.717) is 24.3 Å². The number of aromatic nitrogens is 1. The van der Waals surface area contributed by atoms with Gasteiger partial charge in [0.15, 0.2) is 5.78 Å². The molecule has 126 valence electrons. The second kappa shape index (κ2) is 6.39. The summed E-state index contributed by atoms with van der Waals surface area (Å²) in [5, 5.41) is 1.89. The lowest BCUT2D eigenvalue weighted by Gasteiger charge is -2.33. The number of carbonyl (C=O) groups excluding carboxylic acids is 1. The number of nitrogens with zero attached hydrogens (tertiary/aromatic N) is 1. The van der Waals surface area contributed by atoms with Crippen molar-refractivity contribution in [1.82, 2.24) is 4.98 Å². The normalized spacial score (nSPS) is 16.7. The fourth-order valence-electron chi connectivity index (χ4n) is 3.45. The smallest absolute Gasteiger partial charge is 0.193 e. The fourth-order valence-corrected chi connectivity index (χ4v) is 3.45. The Morgan fingerprint density at radius 1 is 1.04 bits per heavy atom. The molecule has 0 bridgehead atoms. The Labute approximate surface area is 146 Å². The molecule has 3 aromatic rings. The van der Waals surface area contributed by atoms with Crippen LogP contribution in [-0.2, 0) is 10.3 Å². The Morgan fingerprint density at radius 3 is 2.56 bits per heavy atom. The van der Waals surface area contributed by atoms with Crippen LogP contribution in [0.2, 0.25) is 0 Å². The van der Waals surface area contributed by atoms with E-state index in [9.17, 15) is 4.79 Å². The number of rotatable bonds is 3. The molecule has 1 fully saturated rings. The number of fused-ring (bicyclic) bond motifs is 1. The second-order valence-electron chi connectivity index (χ2n) is 6.58.